The molecular formula is C39H76O5Si3. The average Bonchev–Trinajstić information content (AvgIpc) is 3.28. The summed E-state index contributed by atoms with van der Waals surface area (Å²) in [6, 6.07) is 3.45. The minimum absolute atomic E-state index is 0.0557. The predicted molar refractivity (Wildman–Crippen MR) is 211 cm³/mol. The van der Waals surface area contributed by atoms with Gasteiger partial charge in [0.25, 0.3) is 0 Å². The first kappa shape index (κ1) is 44.2. The Hall–Kier alpha value is -0.779. The molecule has 0 aromatic rings. The number of methoxy groups -OCH3 is 1. The van der Waals surface area contributed by atoms with Gasteiger partial charge in [-0.25, -0.2) is 0 Å². The van der Waals surface area contributed by atoms with Crippen molar-refractivity contribution in [1.82, 2.24) is 0 Å². The van der Waals surface area contributed by atoms with Crippen LogP contribution in [0, 0.1) is 11.8 Å². The van der Waals surface area contributed by atoms with Crippen LogP contribution in [0.1, 0.15) is 114 Å². The summed E-state index contributed by atoms with van der Waals surface area (Å²) in [5.41, 5.74) is 0. The standard InChI is InChI=1S/C39H76O5Si3/c1-16-20-21-22-23-24-27-33-34(30-29-32(26-25-28-37(40)41-11)42-45(12,13)38(5,6)7)35(43-46(14,15)39(8,9)10)31-36(33)44-47(17-2,18-3)19-4/h20-21,23-24,29-30,32-36H,16-19,22,25-28,31H2,1-15H3/b21-20-,24-23-,30-29+/t32-,33-,34+,35-,36+/m0/s1. The zero-order valence-corrected chi connectivity index (χ0v) is 36.5. The molecule has 0 spiro atoms. The van der Waals surface area contributed by atoms with E-state index in [1.165, 1.54) is 7.11 Å². The van der Waals surface area contributed by atoms with Crippen molar-refractivity contribution in [2.75, 3.05) is 7.11 Å². The van der Waals surface area contributed by atoms with E-state index >= 15 is 0 Å². The van der Waals surface area contributed by atoms with E-state index in [0.29, 0.717) is 12.3 Å². The van der Waals surface area contributed by atoms with E-state index in [2.05, 4.69) is 132 Å². The summed E-state index contributed by atoms with van der Waals surface area (Å²) in [5.74, 6) is 0.413. The largest absolute Gasteiger partial charge is 0.469 e. The highest BCUT2D eigenvalue weighted by atomic mass is 28.4. The van der Waals surface area contributed by atoms with E-state index in [1.54, 1.807) is 0 Å². The van der Waals surface area contributed by atoms with Crippen molar-refractivity contribution in [1.29, 1.82) is 0 Å². The minimum atomic E-state index is -2.05. The molecule has 8 heteroatoms. The number of hydrogen-bond donors (Lipinski definition) is 0. The first-order valence-electron chi connectivity index (χ1n) is 18.8. The van der Waals surface area contributed by atoms with Gasteiger partial charge in [-0.3, -0.25) is 4.79 Å². The van der Waals surface area contributed by atoms with Gasteiger partial charge in [-0.2, -0.15) is 0 Å². The van der Waals surface area contributed by atoms with Crippen LogP contribution in [0.2, 0.25) is 54.4 Å². The van der Waals surface area contributed by atoms with Gasteiger partial charge in [0.15, 0.2) is 25.0 Å². The Morgan fingerprint density at radius 3 is 1.89 bits per heavy atom. The smallest absolute Gasteiger partial charge is 0.305 e. The van der Waals surface area contributed by atoms with E-state index in [-0.39, 0.29) is 40.3 Å². The molecule has 0 heterocycles. The van der Waals surface area contributed by atoms with Gasteiger partial charge in [0.1, 0.15) is 0 Å². The number of hydrogen-bond acceptors (Lipinski definition) is 5. The summed E-state index contributed by atoms with van der Waals surface area (Å²) < 4.78 is 26.7. The lowest BCUT2D eigenvalue weighted by molar-refractivity contribution is -0.140. The molecule has 0 aromatic heterocycles. The summed E-state index contributed by atoms with van der Waals surface area (Å²) in [6.45, 7) is 32.5. The molecule has 0 unspecified atom stereocenters. The van der Waals surface area contributed by atoms with Crippen LogP contribution in [-0.4, -0.2) is 56.3 Å². The lowest BCUT2D eigenvalue weighted by Gasteiger charge is -2.40. The molecule has 1 saturated carbocycles. The SMILES string of the molecule is CC/C=C\C/C=C\C[C@H]1[C@@H](/C=C/[C@H](CCCC(=O)OC)O[Si](C)(C)C(C)(C)C)[C@@H](O[Si](C)(C)C(C)(C)C)C[C@H]1O[Si](CC)(CC)CC. The number of esters is 1. The number of carbonyl (C=O) groups excluding carboxylic acids is 1. The first-order valence-corrected chi connectivity index (χ1v) is 27.2. The first-order chi connectivity index (χ1) is 21.7. The number of carbonyl (C=O) groups is 1. The van der Waals surface area contributed by atoms with Crippen LogP contribution < -0.4 is 0 Å². The molecule has 0 amide bonds. The quantitative estimate of drug-likeness (QED) is 0.0716. The molecule has 0 saturated heterocycles. The molecule has 5 atom stereocenters. The summed E-state index contributed by atoms with van der Waals surface area (Å²) in [5, 5.41) is 0.216. The van der Waals surface area contributed by atoms with Crippen LogP contribution in [0.15, 0.2) is 36.5 Å². The zero-order chi connectivity index (χ0) is 36.1. The topological polar surface area (TPSA) is 54.0 Å². The molecule has 1 aliphatic carbocycles. The van der Waals surface area contributed by atoms with E-state index in [0.717, 1.165) is 56.7 Å². The van der Waals surface area contributed by atoms with Gasteiger partial charge in [-0.1, -0.05) is 106 Å². The predicted octanol–water partition coefficient (Wildman–Crippen LogP) is 12.0. The third-order valence-electron chi connectivity index (χ3n) is 11.6. The molecule has 1 aliphatic rings. The van der Waals surface area contributed by atoms with Crippen molar-refractivity contribution >= 4 is 30.9 Å². The van der Waals surface area contributed by atoms with Gasteiger partial charge in [0.2, 0.25) is 0 Å². The van der Waals surface area contributed by atoms with Crippen LogP contribution in [0.5, 0.6) is 0 Å². The van der Waals surface area contributed by atoms with Crippen molar-refractivity contribution in [2.24, 2.45) is 11.8 Å². The van der Waals surface area contributed by atoms with Gasteiger partial charge in [-0.15, -0.1) is 0 Å². The maximum absolute atomic E-state index is 12.0. The highest BCUT2D eigenvalue weighted by Crippen LogP contribution is 2.47. The summed E-state index contributed by atoms with van der Waals surface area (Å²) >= 11 is 0. The third kappa shape index (κ3) is 13.8. The Bertz CT molecular complexity index is 993. The Labute approximate surface area is 295 Å². The molecule has 1 fully saturated rings. The van der Waals surface area contributed by atoms with Crippen LogP contribution in [-0.2, 0) is 22.8 Å². The maximum Gasteiger partial charge on any atom is 0.305 e. The lowest BCUT2D eigenvalue weighted by atomic mass is 9.89. The second-order valence-electron chi connectivity index (χ2n) is 16.9. The number of rotatable bonds is 20. The van der Waals surface area contributed by atoms with Crippen LogP contribution in [0.3, 0.4) is 0 Å². The maximum atomic E-state index is 12.0. The van der Waals surface area contributed by atoms with Crippen LogP contribution in [0.25, 0.3) is 0 Å². The normalized spacial score (nSPS) is 22.6. The van der Waals surface area contributed by atoms with Crippen LogP contribution in [0.4, 0.5) is 0 Å². The Morgan fingerprint density at radius 1 is 0.809 bits per heavy atom. The highest BCUT2D eigenvalue weighted by molar-refractivity contribution is 6.74. The van der Waals surface area contributed by atoms with Crippen molar-refractivity contribution < 1.29 is 22.8 Å². The van der Waals surface area contributed by atoms with Gasteiger partial charge >= 0.3 is 5.97 Å². The Kier molecular flexibility index (Phi) is 18.4. The highest BCUT2D eigenvalue weighted by Gasteiger charge is 2.49. The van der Waals surface area contributed by atoms with Gasteiger partial charge < -0.3 is 18.0 Å². The molecule has 274 valence electrons. The van der Waals surface area contributed by atoms with Gasteiger partial charge in [0, 0.05) is 12.3 Å². The molecule has 0 aromatic carbocycles. The number of ether oxygens (including phenoxy) is 1. The van der Waals surface area contributed by atoms with Crippen molar-refractivity contribution in [2.45, 2.75) is 187 Å². The molecular weight excluding hydrogens is 633 g/mol. The van der Waals surface area contributed by atoms with Crippen molar-refractivity contribution in [3.05, 3.63) is 36.5 Å². The fraction of sp³-hybridized carbons (Fsp3) is 0.821. The number of allylic oxidation sites excluding steroid dienone is 4. The molecule has 47 heavy (non-hydrogen) atoms. The molecule has 1 rings (SSSR count). The minimum Gasteiger partial charge on any atom is -0.469 e. The fourth-order valence-corrected chi connectivity index (χ4v) is 11.6. The van der Waals surface area contributed by atoms with E-state index in [1.807, 2.05) is 0 Å². The Morgan fingerprint density at radius 2 is 1.38 bits per heavy atom. The van der Waals surface area contributed by atoms with E-state index in [4.69, 9.17) is 18.0 Å². The van der Waals surface area contributed by atoms with Crippen LogP contribution >= 0.6 is 0 Å². The third-order valence-corrected chi connectivity index (χ3v) is 25.3. The molecule has 0 N–H and O–H groups in total. The summed E-state index contributed by atoms with van der Waals surface area (Å²) in [6.07, 6.45) is 20.1. The summed E-state index contributed by atoms with van der Waals surface area (Å²) in [7, 11) is -4.47. The zero-order valence-electron chi connectivity index (χ0n) is 33.5. The van der Waals surface area contributed by atoms with Crippen molar-refractivity contribution in [3.8, 4) is 0 Å². The van der Waals surface area contributed by atoms with Gasteiger partial charge in [0.05, 0.1) is 25.4 Å². The van der Waals surface area contributed by atoms with Crippen molar-refractivity contribution in [3.63, 3.8) is 0 Å². The average molecular weight is 709 g/mol. The van der Waals surface area contributed by atoms with E-state index in [9.17, 15) is 4.79 Å². The summed E-state index contributed by atoms with van der Waals surface area (Å²) in [4.78, 5) is 12.0. The van der Waals surface area contributed by atoms with E-state index < -0.39 is 25.0 Å². The second kappa shape index (κ2) is 19.6. The fourth-order valence-electron chi connectivity index (χ4n) is 6.04. The molecule has 0 radical (unpaired) electrons. The molecule has 0 bridgehead atoms. The monoisotopic (exact) mass is 709 g/mol. The Balaban J connectivity index is 3.66. The molecule has 5 nitrogen and oxygen atoms in total. The lowest BCUT2D eigenvalue weighted by Crippen LogP contribution is -2.45. The molecule has 0 aliphatic heterocycles. The second-order valence-corrected chi connectivity index (χ2v) is 31.1. The van der Waals surface area contributed by atoms with Gasteiger partial charge in [-0.05, 0) is 98.8 Å².